The number of hydrogen-bond acceptors (Lipinski definition) is 6. The van der Waals surface area contributed by atoms with Gasteiger partial charge in [-0.3, -0.25) is 4.79 Å². The summed E-state index contributed by atoms with van der Waals surface area (Å²) in [6, 6.07) is 8.38. The molecule has 0 aliphatic carbocycles. The van der Waals surface area contributed by atoms with Crippen LogP contribution in [0.5, 0.6) is 5.75 Å². The van der Waals surface area contributed by atoms with Crippen LogP contribution in [0.1, 0.15) is 44.6 Å². The van der Waals surface area contributed by atoms with E-state index in [0.29, 0.717) is 29.0 Å². The van der Waals surface area contributed by atoms with Crippen molar-refractivity contribution in [1.29, 1.82) is 0 Å². The van der Waals surface area contributed by atoms with Crippen molar-refractivity contribution in [3.63, 3.8) is 0 Å². The maximum atomic E-state index is 12.5. The summed E-state index contributed by atoms with van der Waals surface area (Å²) < 4.78 is 11.2. The number of hydrogen-bond donors (Lipinski definition) is 0. The van der Waals surface area contributed by atoms with Gasteiger partial charge in [-0.05, 0) is 57.7 Å². The molecule has 2 atom stereocenters. The Labute approximate surface area is 158 Å². The zero-order valence-corrected chi connectivity index (χ0v) is 16.3. The molecule has 140 valence electrons. The van der Waals surface area contributed by atoms with Crippen molar-refractivity contribution in [2.45, 2.75) is 63.9 Å². The molecule has 6 nitrogen and oxygen atoms in total. The van der Waals surface area contributed by atoms with Gasteiger partial charge in [0.05, 0.1) is 5.75 Å². The smallest absolute Gasteiger partial charge is 0.277 e. The maximum Gasteiger partial charge on any atom is 0.277 e. The predicted octanol–water partition coefficient (Wildman–Crippen LogP) is 3.84. The second-order valence-electron chi connectivity index (χ2n) is 6.79. The number of amides is 1. The van der Waals surface area contributed by atoms with Gasteiger partial charge in [0.2, 0.25) is 5.91 Å². The molecule has 2 aromatic rings. The van der Waals surface area contributed by atoms with Crippen LogP contribution < -0.4 is 4.74 Å². The third-order valence-electron chi connectivity index (χ3n) is 4.60. The Morgan fingerprint density at radius 3 is 2.81 bits per heavy atom. The van der Waals surface area contributed by atoms with Crippen LogP contribution in [-0.4, -0.2) is 38.8 Å². The van der Waals surface area contributed by atoms with Crippen LogP contribution >= 0.6 is 11.8 Å². The first-order valence-corrected chi connectivity index (χ1v) is 9.97. The molecule has 0 spiro atoms. The molecule has 1 aromatic carbocycles. The highest BCUT2D eigenvalue weighted by Gasteiger charge is 2.29. The predicted molar refractivity (Wildman–Crippen MR) is 100 cm³/mol. The first-order chi connectivity index (χ1) is 12.5. The molecule has 0 unspecified atom stereocenters. The first-order valence-electron chi connectivity index (χ1n) is 8.98. The van der Waals surface area contributed by atoms with E-state index >= 15 is 0 Å². The molecule has 0 saturated carbocycles. The third-order valence-corrected chi connectivity index (χ3v) is 5.40. The average molecular weight is 375 g/mol. The van der Waals surface area contributed by atoms with E-state index in [0.717, 1.165) is 24.2 Å². The lowest BCUT2D eigenvalue weighted by Gasteiger charge is -2.39. The van der Waals surface area contributed by atoms with E-state index in [9.17, 15) is 4.79 Å². The molecule has 0 radical (unpaired) electrons. The minimum absolute atomic E-state index is 0.130. The van der Waals surface area contributed by atoms with E-state index < -0.39 is 0 Å². The van der Waals surface area contributed by atoms with Crippen molar-refractivity contribution in [3.05, 3.63) is 35.7 Å². The highest BCUT2D eigenvalue weighted by atomic mass is 32.2. The molecule has 3 rings (SSSR count). The Morgan fingerprint density at radius 1 is 1.31 bits per heavy atom. The van der Waals surface area contributed by atoms with Gasteiger partial charge in [0, 0.05) is 12.1 Å². The topological polar surface area (TPSA) is 68.5 Å². The zero-order valence-electron chi connectivity index (χ0n) is 15.5. The number of nitrogens with zero attached hydrogens (tertiary/aromatic N) is 3. The molecule has 26 heavy (non-hydrogen) atoms. The number of likely N-dealkylation sites (tertiary alicyclic amines) is 1. The number of carbonyl (C=O) groups is 1. The van der Waals surface area contributed by atoms with Gasteiger partial charge in [-0.2, -0.15) is 0 Å². The second kappa shape index (κ2) is 8.58. The van der Waals surface area contributed by atoms with Gasteiger partial charge in [0.25, 0.3) is 11.1 Å². The minimum atomic E-state index is 0.130. The Morgan fingerprint density at radius 2 is 2.08 bits per heavy atom. The van der Waals surface area contributed by atoms with Crippen LogP contribution in [-0.2, 0) is 11.4 Å². The molecule has 1 aromatic heterocycles. The van der Waals surface area contributed by atoms with Crippen LogP contribution in [0.25, 0.3) is 0 Å². The fourth-order valence-electron chi connectivity index (χ4n) is 3.32. The lowest BCUT2D eigenvalue weighted by atomic mass is 9.98. The summed E-state index contributed by atoms with van der Waals surface area (Å²) in [6.45, 7) is 6.46. The van der Waals surface area contributed by atoms with Crippen LogP contribution in [0.3, 0.4) is 0 Å². The van der Waals surface area contributed by atoms with Crippen LogP contribution in [0.4, 0.5) is 0 Å². The van der Waals surface area contributed by atoms with E-state index in [1.807, 2.05) is 36.1 Å². The van der Waals surface area contributed by atoms with E-state index in [4.69, 9.17) is 9.15 Å². The van der Waals surface area contributed by atoms with E-state index in [1.165, 1.54) is 18.2 Å². The molecular weight excluding hydrogens is 350 g/mol. The first kappa shape index (κ1) is 18.8. The van der Waals surface area contributed by atoms with Gasteiger partial charge in [0.15, 0.2) is 6.61 Å². The second-order valence-corrected chi connectivity index (χ2v) is 7.71. The molecular formula is C19H25N3O3S. The normalized spacial score (nSPS) is 20.2. The Hall–Kier alpha value is -2.02. The molecule has 1 amide bonds. The molecule has 0 N–H and O–H groups in total. The molecule has 2 heterocycles. The number of rotatable bonds is 6. The summed E-state index contributed by atoms with van der Waals surface area (Å²) in [6.07, 6.45) is 3.33. The standard InChI is InChI=1S/C19H25N3O3S/c1-13-6-4-9-16(10-13)24-11-17-20-21-19(25-17)26-12-18(23)22-14(2)7-5-8-15(22)3/h4,6,9-10,14-15H,5,7-8,11-12H2,1-3H3/t14-,15-/m0/s1. The van der Waals surface area contributed by atoms with Gasteiger partial charge < -0.3 is 14.1 Å². The van der Waals surface area contributed by atoms with Gasteiger partial charge in [0.1, 0.15) is 5.75 Å². The van der Waals surface area contributed by atoms with Crippen molar-refractivity contribution in [2.75, 3.05) is 5.75 Å². The monoisotopic (exact) mass is 375 g/mol. The van der Waals surface area contributed by atoms with Crippen LogP contribution in [0.2, 0.25) is 0 Å². The molecule has 7 heteroatoms. The number of benzene rings is 1. The maximum absolute atomic E-state index is 12.5. The SMILES string of the molecule is Cc1cccc(OCc2nnc(SCC(=O)N3[C@@H](C)CCC[C@@H]3C)o2)c1. The number of ether oxygens (including phenoxy) is 1. The molecule has 1 aliphatic heterocycles. The summed E-state index contributed by atoms with van der Waals surface area (Å²) in [4.78, 5) is 14.5. The Bertz CT molecular complexity index is 739. The Balaban J connectivity index is 1.49. The van der Waals surface area contributed by atoms with Crippen molar-refractivity contribution in [2.24, 2.45) is 0 Å². The number of aromatic nitrogens is 2. The molecule has 0 bridgehead atoms. The fourth-order valence-corrected chi connectivity index (χ4v) is 3.97. The lowest BCUT2D eigenvalue weighted by molar-refractivity contribution is -0.134. The highest BCUT2D eigenvalue weighted by Crippen LogP contribution is 2.25. The van der Waals surface area contributed by atoms with Gasteiger partial charge in [-0.15, -0.1) is 10.2 Å². The minimum Gasteiger partial charge on any atom is -0.484 e. The number of piperidine rings is 1. The van der Waals surface area contributed by atoms with Crippen LogP contribution in [0, 0.1) is 6.92 Å². The summed E-state index contributed by atoms with van der Waals surface area (Å²) in [5.41, 5.74) is 1.13. The summed E-state index contributed by atoms with van der Waals surface area (Å²) in [7, 11) is 0. The number of thioether (sulfide) groups is 1. The van der Waals surface area contributed by atoms with Crippen molar-refractivity contribution >= 4 is 17.7 Å². The van der Waals surface area contributed by atoms with Gasteiger partial charge in [-0.1, -0.05) is 23.9 Å². The highest BCUT2D eigenvalue weighted by molar-refractivity contribution is 7.99. The number of aryl methyl sites for hydroxylation is 1. The summed E-state index contributed by atoms with van der Waals surface area (Å²) >= 11 is 1.28. The zero-order chi connectivity index (χ0) is 18.5. The summed E-state index contributed by atoms with van der Waals surface area (Å²) in [5, 5.41) is 8.38. The quantitative estimate of drug-likeness (QED) is 0.715. The van der Waals surface area contributed by atoms with Gasteiger partial charge >= 0.3 is 0 Å². The van der Waals surface area contributed by atoms with Gasteiger partial charge in [-0.25, -0.2) is 0 Å². The molecule has 1 fully saturated rings. The lowest BCUT2D eigenvalue weighted by Crippen LogP contribution is -2.48. The van der Waals surface area contributed by atoms with Crippen LogP contribution in [0.15, 0.2) is 33.9 Å². The molecule has 1 saturated heterocycles. The number of carbonyl (C=O) groups excluding carboxylic acids is 1. The van der Waals surface area contributed by atoms with E-state index in [1.54, 1.807) is 0 Å². The van der Waals surface area contributed by atoms with Crippen molar-refractivity contribution in [1.82, 2.24) is 15.1 Å². The average Bonchev–Trinajstić information content (AvgIpc) is 3.06. The largest absolute Gasteiger partial charge is 0.484 e. The van der Waals surface area contributed by atoms with Crippen molar-refractivity contribution in [3.8, 4) is 5.75 Å². The van der Waals surface area contributed by atoms with E-state index in [2.05, 4.69) is 24.0 Å². The van der Waals surface area contributed by atoms with Crippen molar-refractivity contribution < 1.29 is 13.9 Å². The third kappa shape index (κ3) is 4.78. The fraction of sp³-hybridized carbons (Fsp3) is 0.526. The summed E-state index contributed by atoms with van der Waals surface area (Å²) in [5.74, 6) is 1.61. The Kier molecular flexibility index (Phi) is 6.19. The molecule has 1 aliphatic rings. The van der Waals surface area contributed by atoms with E-state index in [-0.39, 0.29) is 12.5 Å².